The number of carbonyl (C=O) groups excluding carboxylic acids is 1. The number of hydrogen-bond acceptors (Lipinski definition) is 4. The largest absolute Gasteiger partial charge is 0.469 e. The Bertz CT molecular complexity index is 606. The van der Waals surface area contributed by atoms with Gasteiger partial charge in [0.1, 0.15) is 0 Å². The predicted molar refractivity (Wildman–Crippen MR) is 107 cm³/mol. The fourth-order valence-corrected chi connectivity index (χ4v) is 3.27. The Labute approximate surface area is 162 Å². The lowest BCUT2D eigenvalue weighted by Gasteiger charge is -2.22. The van der Waals surface area contributed by atoms with Gasteiger partial charge in [-0.15, -0.1) is 0 Å². The Kier molecular flexibility index (Phi) is 8.58. The van der Waals surface area contributed by atoms with E-state index in [9.17, 15) is 4.79 Å². The van der Waals surface area contributed by atoms with Crippen LogP contribution in [-0.4, -0.2) is 56.7 Å². The first kappa shape index (κ1) is 21.2. The molecule has 1 N–H and O–H groups in total. The van der Waals surface area contributed by atoms with E-state index >= 15 is 0 Å². The van der Waals surface area contributed by atoms with Crippen LogP contribution in [0.5, 0.6) is 0 Å². The van der Waals surface area contributed by atoms with Crippen molar-refractivity contribution in [3.8, 4) is 0 Å². The van der Waals surface area contributed by atoms with Gasteiger partial charge in [-0.25, -0.2) is 0 Å². The molecule has 150 valence electrons. The number of hydrogen-bond donors (Lipinski definition) is 1. The molecule has 1 fully saturated rings. The molecule has 1 aromatic rings. The van der Waals surface area contributed by atoms with Crippen LogP contribution in [0.15, 0.2) is 35.3 Å². The summed E-state index contributed by atoms with van der Waals surface area (Å²) >= 11 is 0. The molecule has 2 rings (SSSR count). The van der Waals surface area contributed by atoms with E-state index in [0.717, 1.165) is 19.0 Å². The van der Waals surface area contributed by atoms with E-state index < -0.39 is 0 Å². The lowest BCUT2D eigenvalue weighted by Crippen LogP contribution is -2.41. The first-order chi connectivity index (χ1) is 13.0. The van der Waals surface area contributed by atoms with E-state index in [0.29, 0.717) is 32.2 Å². The topological polar surface area (TPSA) is 63.2 Å². The zero-order valence-electron chi connectivity index (χ0n) is 17.0. The molecule has 1 heterocycles. The summed E-state index contributed by atoms with van der Waals surface area (Å²) < 4.78 is 10.7. The molecule has 0 saturated carbocycles. The third-order valence-corrected chi connectivity index (χ3v) is 4.82. The Morgan fingerprint density at radius 2 is 2.07 bits per heavy atom. The number of aliphatic imine (C=N–C) groups is 1. The van der Waals surface area contributed by atoms with Gasteiger partial charge in [0, 0.05) is 26.2 Å². The molecule has 0 amide bonds. The molecule has 3 atom stereocenters. The maximum atomic E-state index is 11.9. The molecule has 0 radical (unpaired) electrons. The fraction of sp³-hybridized carbons (Fsp3) is 0.619. The Hall–Kier alpha value is -2.08. The highest BCUT2D eigenvalue weighted by Gasteiger charge is 2.36. The molecular weight excluding hydrogens is 342 g/mol. The Balaban J connectivity index is 1.84. The van der Waals surface area contributed by atoms with Crippen molar-refractivity contribution in [3.05, 3.63) is 35.9 Å². The van der Waals surface area contributed by atoms with Crippen LogP contribution in [0.2, 0.25) is 0 Å². The minimum atomic E-state index is -0.136. The molecule has 6 heteroatoms. The average molecular weight is 376 g/mol. The molecule has 0 spiro atoms. The van der Waals surface area contributed by atoms with Gasteiger partial charge < -0.3 is 19.7 Å². The summed E-state index contributed by atoms with van der Waals surface area (Å²) in [5.74, 6) is 1.21. The summed E-state index contributed by atoms with van der Waals surface area (Å²) in [6, 6.07) is 10.2. The summed E-state index contributed by atoms with van der Waals surface area (Å²) in [4.78, 5) is 18.9. The van der Waals surface area contributed by atoms with Gasteiger partial charge in [-0.3, -0.25) is 9.79 Å². The number of rotatable bonds is 8. The lowest BCUT2D eigenvalue weighted by atomic mass is 9.99. The molecule has 1 aliphatic heterocycles. The quantitative estimate of drug-likeness (QED) is 0.430. The minimum Gasteiger partial charge on any atom is -0.469 e. The van der Waals surface area contributed by atoms with Crippen LogP contribution in [0.25, 0.3) is 0 Å². The van der Waals surface area contributed by atoms with Crippen molar-refractivity contribution in [1.29, 1.82) is 0 Å². The van der Waals surface area contributed by atoms with Crippen molar-refractivity contribution < 1.29 is 14.3 Å². The van der Waals surface area contributed by atoms with Crippen LogP contribution in [0.4, 0.5) is 0 Å². The second-order valence-corrected chi connectivity index (χ2v) is 7.31. The van der Waals surface area contributed by atoms with Gasteiger partial charge in [-0.2, -0.15) is 0 Å². The number of methoxy groups -OCH3 is 1. The van der Waals surface area contributed by atoms with E-state index in [4.69, 9.17) is 14.5 Å². The third kappa shape index (κ3) is 6.54. The van der Waals surface area contributed by atoms with Gasteiger partial charge in [0.25, 0.3) is 0 Å². The van der Waals surface area contributed by atoms with Gasteiger partial charge in [0.05, 0.1) is 26.2 Å². The van der Waals surface area contributed by atoms with Gasteiger partial charge in [-0.1, -0.05) is 44.2 Å². The number of nitrogens with one attached hydrogen (secondary N) is 1. The van der Waals surface area contributed by atoms with Gasteiger partial charge in [0.15, 0.2) is 5.96 Å². The zero-order valence-corrected chi connectivity index (χ0v) is 17.0. The number of nitrogens with zero attached hydrogens (tertiary/aromatic N) is 2. The first-order valence-electron chi connectivity index (χ1n) is 9.77. The number of benzene rings is 1. The van der Waals surface area contributed by atoms with Gasteiger partial charge in [-0.05, 0) is 24.3 Å². The summed E-state index contributed by atoms with van der Waals surface area (Å²) in [5, 5.41) is 3.34. The van der Waals surface area contributed by atoms with E-state index in [2.05, 4.69) is 43.1 Å². The van der Waals surface area contributed by atoms with E-state index in [1.807, 2.05) is 18.2 Å². The Morgan fingerprint density at radius 1 is 1.33 bits per heavy atom. The standard InChI is InChI=1S/C21H33N3O3/c1-5-22-21(24-12-17(3)19(13-24)20(25)26-4)23-11-16(2)14-27-15-18-9-7-6-8-10-18/h6-10,16-17,19H,5,11-15H2,1-4H3,(H,22,23). The molecule has 3 unspecified atom stereocenters. The highest BCUT2D eigenvalue weighted by atomic mass is 16.5. The minimum absolute atomic E-state index is 0.0921. The Morgan fingerprint density at radius 3 is 2.74 bits per heavy atom. The van der Waals surface area contributed by atoms with Crippen molar-refractivity contribution in [2.75, 3.05) is 39.9 Å². The molecular formula is C21H33N3O3. The fourth-order valence-electron chi connectivity index (χ4n) is 3.27. The summed E-state index contributed by atoms with van der Waals surface area (Å²) in [6.45, 7) is 10.5. The monoisotopic (exact) mass is 375 g/mol. The van der Waals surface area contributed by atoms with Crippen LogP contribution >= 0.6 is 0 Å². The first-order valence-corrected chi connectivity index (χ1v) is 9.77. The van der Waals surface area contributed by atoms with Crippen LogP contribution in [0.1, 0.15) is 26.3 Å². The van der Waals surface area contributed by atoms with Crippen LogP contribution < -0.4 is 5.32 Å². The van der Waals surface area contributed by atoms with Gasteiger partial charge >= 0.3 is 5.97 Å². The van der Waals surface area contributed by atoms with E-state index in [1.165, 1.54) is 12.7 Å². The highest BCUT2D eigenvalue weighted by Crippen LogP contribution is 2.24. The molecule has 1 aromatic carbocycles. The summed E-state index contributed by atoms with van der Waals surface area (Å²) in [6.07, 6.45) is 0. The zero-order chi connectivity index (χ0) is 19.6. The van der Waals surface area contributed by atoms with Crippen molar-refractivity contribution >= 4 is 11.9 Å². The number of guanidine groups is 1. The van der Waals surface area contributed by atoms with Gasteiger partial charge in [0.2, 0.25) is 0 Å². The maximum absolute atomic E-state index is 11.9. The molecule has 0 aliphatic carbocycles. The van der Waals surface area contributed by atoms with E-state index in [-0.39, 0.29) is 17.8 Å². The molecule has 0 aromatic heterocycles. The SMILES string of the molecule is CCNC(=NCC(C)COCc1ccccc1)N1CC(C)C(C(=O)OC)C1. The van der Waals surface area contributed by atoms with Crippen LogP contribution in [0.3, 0.4) is 0 Å². The van der Waals surface area contributed by atoms with Crippen molar-refractivity contribution in [2.24, 2.45) is 22.7 Å². The van der Waals surface area contributed by atoms with Crippen LogP contribution in [0, 0.1) is 17.8 Å². The summed E-state index contributed by atoms with van der Waals surface area (Å²) in [5.41, 5.74) is 1.18. The lowest BCUT2D eigenvalue weighted by molar-refractivity contribution is -0.145. The predicted octanol–water partition coefficient (Wildman–Crippen LogP) is 2.55. The molecule has 27 heavy (non-hydrogen) atoms. The van der Waals surface area contributed by atoms with Crippen molar-refractivity contribution in [2.45, 2.75) is 27.4 Å². The second kappa shape index (κ2) is 10.9. The maximum Gasteiger partial charge on any atom is 0.310 e. The normalized spacial score (nSPS) is 21.2. The molecule has 0 bridgehead atoms. The van der Waals surface area contributed by atoms with Crippen LogP contribution in [-0.2, 0) is 20.9 Å². The number of ether oxygens (including phenoxy) is 2. The molecule has 1 aliphatic rings. The van der Waals surface area contributed by atoms with Crippen molar-refractivity contribution in [1.82, 2.24) is 10.2 Å². The average Bonchev–Trinajstić information content (AvgIpc) is 3.07. The number of esters is 1. The highest BCUT2D eigenvalue weighted by molar-refractivity contribution is 5.82. The molecule has 6 nitrogen and oxygen atoms in total. The smallest absolute Gasteiger partial charge is 0.310 e. The van der Waals surface area contributed by atoms with Crippen molar-refractivity contribution in [3.63, 3.8) is 0 Å². The number of likely N-dealkylation sites (tertiary alicyclic amines) is 1. The number of carbonyl (C=O) groups is 1. The van der Waals surface area contributed by atoms with E-state index in [1.54, 1.807) is 0 Å². The third-order valence-electron chi connectivity index (χ3n) is 4.82. The summed E-state index contributed by atoms with van der Waals surface area (Å²) in [7, 11) is 1.45. The molecule has 1 saturated heterocycles. The second-order valence-electron chi connectivity index (χ2n) is 7.31.